The van der Waals surface area contributed by atoms with E-state index < -0.39 is 0 Å². The van der Waals surface area contributed by atoms with Gasteiger partial charge in [0.2, 0.25) is 0 Å². The molecule has 0 aliphatic rings. The third-order valence-corrected chi connectivity index (χ3v) is 2.54. The van der Waals surface area contributed by atoms with Crippen molar-refractivity contribution in [2.45, 2.75) is 26.4 Å². The van der Waals surface area contributed by atoms with Gasteiger partial charge in [-0.05, 0) is 12.0 Å². The number of hydrogen-bond acceptors (Lipinski definition) is 5. The van der Waals surface area contributed by atoms with Crippen LogP contribution < -0.4 is 5.73 Å². The van der Waals surface area contributed by atoms with E-state index in [-0.39, 0.29) is 6.04 Å². The summed E-state index contributed by atoms with van der Waals surface area (Å²) in [6.45, 7) is 4.63. The zero-order valence-corrected chi connectivity index (χ0v) is 9.98. The van der Waals surface area contributed by atoms with E-state index in [1.165, 1.54) is 0 Å². The third-order valence-electron chi connectivity index (χ3n) is 2.54. The number of nitrogens with zero attached hydrogens (tertiary/aromatic N) is 5. The van der Waals surface area contributed by atoms with Crippen molar-refractivity contribution in [3.05, 3.63) is 36.2 Å². The van der Waals surface area contributed by atoms with E-state index in [9.17, 15) is 0 Å². The van der Waals surface area contributed by atoms with Crippen LogP contribution in [0, 0.1) is 5.92 Å². The summed E-state index contributed by atoms with van der Waals surface area (Å²) in [7, 11) is 0. The molecule has 2 N–H and O–H groups in total. The van der Waals surface area contributed by atoms with E-state index in [1.54, 1.807) is 23.1 Å². The van der Waals surface area contributed by atoms with Gasteiger partial charge in [0.15, 0.2) is 0 Å². The fourth-order valence-corrected chi connectivity index (χ4v) is 1.44. The second-order valence-electron chi connectivity index (χ2n) is 4.28. The van der Waals surface area contributed by atoms with Crippen molar-refractivity contribution in [2.24, 2.45) is 11.7 Å². The van der Waals surface area contributed by atoms with Gasteiger partial charge in [0.05, 0.1) is 17.9 Å². The molecule has 90 valence electrons. The van der Waals surface area contributed by atoms with Gasteiger partial charge < -0.3 is 5.73 Å². The molecule has 0 saturated heterocycles. The van der Waals surface area contributed by atoms with E-state index >= 15 is 0 Å². The van der Waals surface area contributed by atoms with Crippen molar-refractivity contribution in [2.75, 3.05) is 0 Å². The molecule has 0 amide bonds. The van der Waals surface area contributed by atoms with Crippen LogP contribution >= 0.6 is 0 Å². The Labute approximate surface area is 99.9 Å². The molecular formula is C11H16N6. The maximum absolute atomic E-state index is 6.00. The van der Waals surface area contributed by atoms with Crippen LogP contribution in [-0.2, 0) is 6.54 Å². The summed E-state index contributed by atoms with van der Waals surface area (Å²) in [6.07, 6.45) is 5.26. The molecule has 0 spiro atoms. The molecule has 0 fully saturated rings. The zero-order valence-electron chi connectivity index (χ0n) is 9.98. The van der Waals surface area contributed by atoms with Gasteiger partial charge in [-0.15, -0.1) is 5.10 Å². The predicted octanol–water partition coefficient (Wildman–Crippen LogP) is 0.772. The fraction of sp³-hybridized carbons (Fsp3) is 0.455. The predicted molar refractivity (Wildman–Crippen MR) is 62.9 cm³/mol. The Hall–Kier alpha value is -1.82. The summed E-state index contributed by atoms with van der Waals surface area (Å²) in [6, 6.07) is 1.70. The standard InChI is InChI=1S/C11H16N6/c1-8(2)11(12)9-6-17(16-15-9)7-10-13-4-3-5-14-10/h3-6,8,11H,7,12H2,1-2H3. The monoisotopic (exact) mass is 232 g/mol. The quantitative estimate of drug-likeness (QED) is 0.842. The molecule has 0 aromatic carbocycles. The van der Waals surface area contributed by atoms with Crippen molar-refractivity contribution in [3.8, 4) is 0 Å². The van der Waals surface area contributed by atoms with Gasteiger partial charge >= 0.3 is 0 Å². The normalized spacial score (nSPS) is 12.9. The molecule has 6 nitrogen and oxygen atoms in total. The van der Waals surface area contributed by atoms with Gasteiger partial charge in [-0.3, -0.25) is 0 Å². The van der Waals surface area contributed by atoms with Gasteiger partial charge in [0.25, 0.3) is 0 Å². The molecule has 6 heteroatoms. The number of aromatic nitrogens is 5. The van der Waals surface area contributed by atoms with Crippen LogP contribution in [0.5, 0.6) is 0 Å². The molecule has 0 radical (unpaired) electrons. The average molecular weight is 232 g/mol. The minimum absolute atomic E-state index is 0.0829. The Bertz CT molecular complexity index is 464. The Kier molecular flexibility index (Phi) is 3.43. The first-order valence-electron chi connectivity index (χ1n) is 5.58. The van der Waals surface area contributed by atoms with Crippen LogP contribution in [0.3, 0.4) is 0 Å². The van der Waals surface area contributed by atoms with Crippen molar-refractivity contribution >= 4 is 0 Å². The molecule has 0 bridgehead atoms. The molecule has 2 aromatic rings. The summed E-state index contributed by atoms with van der Waals surface area (Å²) in [5, 5.41) is 8.09. The Morgan fingerprint density at radius 3 is 2.65 bits per heavy atom. The van der Waals surface area contributed by atoms with E-state index in [0.29, 0.717) is 18.3 Å². The lowest BCUT2D eigenvalue weighted by molar-refractivity contribution is 0.502. The molecular weight excluding hydrogens is 216 g/mol. The minimum Gasteiger partial charge on any atom is -0.322 e. The summed E-state index contributed by atoms with van der Waals surface area (Å²) in [4.78, 5) is 8.26. The van der Waals surface area contributed by atoms with Gasteiger partial charge in [0, 0.05) is 12.4 Å². The highest BCUT2D eigenvalue weighted by Crippen LogP contribution is 2.15. The molecule has 1 unspecified atom stereocenters. The first-order chi connectivity index (χ1) is 8.16. The van der Waals surface area contributed by atoms with Crippen LogP contribution in [0.15, 0.2) is 24.7 Å². The summed E-state index contributed by atoms with van der Waals surface area (Å²) >= 11 is 0. The van der Waals surface area contributed by atoms with E-state index in [0.717, 1.165) is 5.69 Å². The lowest BCUT2D eigenvalue weighted by atomic mass is 10.0. The SMILES string of the molecule is CC(C)C(N)c1cn(Cc2ncccn2)nn1. The van der Waals surface area contributed by atoms with Gasteiger partial charge in [0.1, 0.15) is 12.4 Å². The van der Waals surface area contributed by atoms with Crippen LogP contribution in [0.25, 0.3) is 0 Å². The van der Waals surface area contributed by atoms with Crippen LogP contribution in [0.4, 0.5) is 0 Å². The smallest absolute Gasteiger partial charge is 0.149 e. The number of rotatable bonds is 4. The highest BCUT2D eigenvalue weighted by molar-refractivity contribution is 5.01. The maximum Gasteiger partial charge on any atom is 0.149 e. The Morgan fingerprint density at radius 2 is 2.00 bits per heavy atom. The topological polar surface area (TPSA) is 82.5 Å². The first-order valence-corrected chi connectivity index (χ1v) is 5.58. The maximum atomic E-state index is 6.00. The Morgan fingerprint density at radius 1 is 1.29 bits per heavy atom. The second-order valence-corrected chi connectivity index (χ2v) is 4.28. The van der Waals surface area contributed by atoms with Gasteiger partial charge in [-0.2, -0.15) is 0 Å². The highest BCUT2D eigenvalue weighted by atomic mass is 15.4. The first kappa shape index (κ1) is 11.7. The molecule has 2 aromatic heterocycles. The van der Waals surface area contributed by atoms with E-state index in [4.69, 9.17) is 5.73 Å². The summed E-state index contributed by atoms with van der Waals surface area (Å²) in [5.41, 5.74) is 6.80. The molecule has 0 saturated carbocycles. The van der Waals surface area contributed by atoms with Crippen LogP contribution in [0.2, 0.25) is 0 Å². The average Bonchev–Trinajstić information content (AvgIpc) is 2.77. The molecule has 17 heavy (non-hydrogen) atoms. The largest absolute Gasteiger partial charge is 0.322 e. The third kappa shape index (κ3) is 2.85. The fourth-order valence-electron chi connectivity index (χ4n) is 1.44. The molecule has 0 aliphatic carbocycles. The second kappa shape index (κ2) is 5.01. The van der Waals surface area contributed by atoms with E-state index in [1.807, 2.05) is 6.20 Å². The highest BCUT2D eigenvalue weighted by Gasteiger charge is 2.14. The van der Waals surface area contributed by atoms with Crippen molar-refractivity contribution in [3.63, 3.8) is 0 Å². The number of hydrogen-bond donors (Lipinski definition) is 1. The van der Waals surface area contributed by atoms with Gasteiger partial charge in [-0.1, -0.05) is 19.1 Å². The van der Waals surface area contributed by atoms with Crippen molar-refractivity contribution in [1.82, 2.24) is 25.0 Å². The van der Waals surface area contributed by atoms with Gasteiger partial charge in [-0.25, -0.2) is 14.6 Å². The lowest BCUT2D eigenvalue weighted by Crippen LogP contribution is -2.17. The van der Waals surface area contributed by atoms with Crippen molar-refractivity contribution < 1.29 is 0 Å². The lowest BCUT2D eigenvalue weighted by Gasteiger charge is -2.11. The molecule has 1 atom stereocenters. The summed E-state index contributed by atoms with van der Waals surface area (Å²) < 4.78 is 1.70. The number of nitrogens with two attached hydrogens (primary N) is 1. The molecule has 2 rings (SSSR count). The molecule has 2 heterocycles. The zero-order chi connectivity index (χ0) is 12.3. The van der Waals surface area contributed by atoms with Crippen molar-refractivity contribution in [1.29, 1.82) is 0 Å². The Balaban J connectivity index is 2.09. The van der Waals surface area contributed by atoms with Crippen LogP contribution in [-0.4, -0.2) is 25.0 Å². The summed E-state index contributed by atoms with van der Waals surface area (Å²) in [5.74, 6) is 1.05. The van der Waals surface area contributed by atoms with E-state index in [2.05, 4.69) is 34.1 Å². The minimum atomic E-state index is -0.0829. The molecule has 0 aliphatic heterocycles. The van der Waals surface area contributed by atoms with Crippen LogP contribution in [0.1, 0.15) is 31.4 Å².